The van der Waals surface area contributed by atoms with Crippen LogP contribution in [-0.4, -0.2) is 60.1 Å². The van der Waals surface area contributed by atoms with Gasteiger partial charge in [-0.25, -0.2) is 0 Å². The Hall–Kier alpha value is -4.58. The lowest BCUT2D eigenvalue weighted by molar-refractivity contribution is -0.139. The first kappa shape index (κ1) is 39.4. The molecule has 44 heavy (non-hydrogen) atoms. The molecular weight excluding hydrogens is 564 g/mol. The van der Waals surface area contributed by atoms with Crippen molar-refractivity contribution in [3.8, 4) is 5.75 Å². The molecule has 0 fully saturated rings. The van der Waals surface area contributed by atoms with Crippen LogP contribution in [0.3, 0.4) is 0 Å². The molecule has 1 amide bonds. The van der Waals surface area contributed by atoms with Gasteiger partial charge in [0.05, 0.1) is 6.61 Å². The maximum Gasteiger partial charge on any atom is 0.320 e. The number of ether oxygens (including phenoxy) is 1. The highest BCUT2D eigenvalue weighted by Gasteiger charge is 2.09. The first-order valence-corrected chi connectivity index (χ1v) is 14.3. The summed E-state index contributed by atoms with van der Waals surface area (Å²) in [5.41, 5.74) is 18.4. The summed E-state index contributed by atoms with van der Waals surface area (Å²) in [5.74, 6) is -1.05. The van der Waals surface area contributed by atoms with Crippen molar-refractivity contribution in [3.63, 3.8) is 0 Å². The summed E-state index contributed by atoms with van der Waals surface area (Å²) in [7, 11) is 0. The zero-order valence-corrected chi connectivity index (χ0v) is 25.3. The fraction of sp³-hybridized carbons (Fsp3) is 0.333. The van der Waals surface area contributed by atoms with E-state index in [1.165, 1.54) is 12.5 Å². The van der Waals surface area contributed by atoms with Gasteiger partial charge in [0.1, 0.15) is 18.1 Å². The summed E-state index contributed by atoms with van der Waals surface area (Å²) in [6.07, 6.45) is 4.62. The van der Waals surface area contributed by atoms with E-state index in [9.17, 15) is 19.2 Å². The third-order valence-corrected chi connectivity index (χ3v) is 5.48. The minimum atomic E-state index is -0.933. The quantitative estimate of drug-likeness (QED) is 0.114. The Balaban J connectivity index is 0.000000566. The molecule has 0 saturated heterocycles. The second-order valence-corrected chi connectivity index (χ2v) is 9.33. The number of carboxylic acid groups (broad SMARTS) is 2. The van der Waals surface area contributed by atoms with Crippen molar-refractivity contribution >= 4 is 29.8 Å². The van der Waals surface area contributed by atoms with E-state index in [1.54, 1.807) is 24.3 Å². The zero-order valence-electron chi connectivity index (χ0n) is 25.3. The molecule has 0 aromatic heterocycles. The van der Waals surface area contributed by atoms with Crippen molar-refractivity contribution < 1.29 is 34.1 Å². The average Bonchev–Trinajstić information content (AvgIpc) is 3.01. The molecule has 1 atom stereocenters. The summed E-state index contributed by atoms with van der Waals surface area (Å²) >= 11 is 0. The fourth-order valence-corrected chi connectivity index (χ4v) is 3.22. The number of nitrogens with two attached hydrogens (primary N) is 3. The maximum absolute atomic E-state index is 10.6. The molecule has 240 valence electrons. The normalized spacial score (nSPS) is 10.2. The minimum absolute atomic E-state index is 0.117. The Morgan fingerprint density at radius 3 is 1.91 bits per heavy atom. The standard InChI is InChI=1S/C10H12O3.C9H9NO2.C8H11N.C6H14N2O2/c11-10(12)7-4-8-13-9-5-2-1-3-6-9;1-7(12)10-9-4-2-8(6-11)3-5-9;9-7-6-8-4-2-1-3-5-8;7-4-2-1-3-5(8)6(9)10/h1-3,5-6H,4,7-8H2,(H,11,12);2-6H,1H3,(H,10,12);1-5H,6-7,9H2;5H,1-4,7-8H2,(H,9,10)/t;;;5-/m...0/s1. The van der Waals surface area contributed by atoms with Crippen LogP contribution in [0.25, 0.3) is 0 Å². The van der Waals surface area contributed by atoms with E-state index in [0.717, 1.165) is 37.8 Å². The number of anilines is 1. The third-order valence-electron chi connectivity index (χ3n) is 5.48. The molecule has 3 rings (SSSR count). The topological polar surface area (TPSA) is 208 Å². The monoisotopic (exact) mass is 610 g/mol. The number of hydrogen-bond acceptors (Lipinski definition) is 8. The van der Waals surface area contributed by atoms with Gasteiger partial charge in [-0.05, 0) is 80.7 Å². The van der Waals surface area contributed by atoms with Crippen LogP contribution in [0.15, 0.2) is 84.9 Å². The summed E-state index contributed by atoms with van der Waals surface area (Å²) in [5, 5.41) is 19.3. The summed E-state index contributed by atoms with van der Waals surface area (Å²) in [4.78, 5) is 41.1. The van der Waals surface area contributed by atoms with Crippen LogP contribution in [0.5, 0.6) is 5.75 Å². The Bertz CT molecular complexity index is 1180. The molecule has 0 saturated carbocycles. The third kappa shape index (κ3) is 23.0. The number of aldehydes is 1. The number of benzene rings is 3. The van der Waals surface area contributed by atoms with E-state index in [1.807, 2.05) is 48.5 Å². The van der Waals surface area contributed by atoms with Gasteiger partial charge >= 0.3 is 11.9 Å². The van der Waals surface area contributed by atoms with Gasteiger partial charge in [0.25, 0.3) is 0 Å². The smallest absolute Gasteiger partial charge is 0.320 e. The molecule has 0 unspecified atom stereocenters. The SMILES string of the molecule is CC(=O)Nc1ccc(C=O)cc1.NCCCC[C@H](N)C(=O)O.NCCc1ccccc1.O=C(O)CCCOc1ccccc1. The maximum atomic E-state index is 10.6. The molecular formula is C33H46N4O7. The van der Waals surface area contributed by atoms with Crippen LogP contribution in [0.1, 0.15) is 54.9 Å². The highest BCUT2D eigenvalue weighted by molar-refractivity contribution is 5.89. The molecule has 11 nitrogen and oxygen atoms in total. The van der Waals surface area contributed by atoms with Crippen LogP contribution < -0.4 is 27.3 Å². The van der Waals surface area contributed by atoms with Crippen molar-refractivity contribution in [1.82, 2.24) is 0 Å². The van der Waals surface area contributed by atoms with Crippen molar-refractivity contribution in [2.75, 3.05) is 25.0 Å². The molecule has 0 spiro atoms. The number of hydrogen-bond donors (Lipinski definition) is 6. The number of amides is 1. The number of unbranched alkanes of at least 4 members (excludes halogenated alkanes) is 1. The molecule has 9 N–H and O–H groups in total. The number of carbonyl (C=O) groups is 4. The molecule has 3 aromatic rings. The Morgan fingerprint density at radius 2 is 1.43 bits per heavy atom. The van der Waals surface area contributed by atoms with Crippen molar-refractivity contribution in [2.45, 2.75) is 51.5 Å². The van der Waals surface area contributed by atoms with Gasteiger partial charge < -0.3 is 37.5 Å². The van der Waals surface area contributed by atoms with Crippen LogP contribution >= 0.6 is 0 Å². The molecule has 0 aliphatic rings. The van der Waals surface area contributed by atoms with Gasteiger partial charge in [-0.1, -0.05) is 55.0 Å². The van der Waals surface area contributed by atoms with Gasteiger partial charge in [-0.15, -0.1) is 0 Å². The van der Waals surface area contributed by atoms with Gasteiger partial charge in [0.2, 0.25) is 5.91 Å². The first-order chi connectivity index (χ1) is 21.1. The number of para-hydroxylation sites is 1. The zero-order chi connectivity index (χ0) is 33.0. The Labute approximate surface area is 259 Å². The van der Waals surface area contributed by atoms with Gasteiger partial charge in [-0.2, -0.15) is 0 Å². The van der Waals surface area contributed by atoms with E-state index in [0.29, 0.717) is 37.2 Å². The highest BCUT2D eigenvalue weighted by Crippen LogP contribution is 2.09. The second kappa shape index (κ2) is 26.1. The molecule has 11 heteroatoms. The molecule has 3 aromatic carbocycles. The van der Waals surface area contributed by atoms with Crippen molar-refractivity contribution in [1.29, 1.82) is 0 Å². The first-order valence-electron chi connectivity index (χ1n) is 14.3. The average molecular weight is 611 g/mol. The van der Waals surface area contributed by atoms with Gasteiger partial charge in [-0.3, -0.25) is 19.2 Å². The lowest BCUT2D eigenvalue weighted by Crippen LogP contribution is -2.29. The van der Waals surface area contributed by atoms with Crippen molar-refractivity contribution in [2.24, 2.45) is 17.2 Å². The Kier molecular flexibility index (Phi) is 23.4. The van der Waals surface area contributed by atoms with Crippen LogP contribution in [0, 0.1) is 0 Å². The Morgan fingerprint density at radius 1 is 0.841 bits per heavy atom. The van der Waals surface area contributed by atoms with E-state index < -0.39 is 18.0 Å². The number of rotatable bonds is 14. The second-order valence-electron chi connectivity index (χ2n) is 9.33. The van der Waals surface area contributed by atoms with E-state index in [-0.39, 0.29) is 12.3 Å². The van der Waals surface area contributed by atoms with Gasteiger partial charge in [0.15, 0.2) is 0 Å². The van der Waals surface area contributed by atoms with E-state index in [2.05, 4.69) is 17.4 Å². The summed E-state index contributed by atoms with van der Waals surface area (Å²) in [6.45, 7) is 3.24. The molecule has 0 bridgehead atoms. The molecule has 0 radical (unpaired) electrons. The number of aliphatic carboxylic acids is 2. The van der Waals surface area contributed by atoms with E-state index in [4.69, 9.17) is 32.2 Å². The highest BCUT2D eigenvalue weighted by atomic mass is 16.5. The predicted molar refractivity (Wildman–Crippen MR) is 173 cm³/mol. The lowest BCUT2D eigenvalue weighted by Gasteiger charge is -2.03. The van der Waals surface area contributed by atoms with Crippen molar-refractivity contribution in [3.05, 3.63) is 96.1 Å². The summed E-state index contributed by atoms with van der Waals surface area (Å²) in [6, 6.07) is 25.6. The van der Waals surface area contributed by atoms with Crippen LogP contribution in [0.4, 0.5) is 5.69 Å². The lowest BCUT2D eigenvalue weighted by atomic mass is 10.1. The molecule has 0 aliphatic carbocycles. The number of nitrogens with one attached hydrogen (secondary N) is 1. The number of carbonyl (C=O) groups excluding carboxylic acids is 2. The van der Waals surface area contributed by atoms with Crippen LogP contribution in [-0.2, 0) is 20.8 Å². The van der Waals surface area contributed by atoms with Crippen LogP contribution in [0.2, 0.25) is 0 Å². The minimum Gasteiger partial charge on any atom is -0.494 e. The van der Waals surface area contributed by atoms with E-state index >= 15 is 0 Å². The largest absolute Gasteiger partial charge is 0.494 e. The van der Waals surface area contributed by atoms with Gasteiger partial charge in [0, 0.05) is 24.6 Å². The summed E-state index contributed by atoms with van der Waals surface area (Å²) < 4.78 is 5.29. The number of carboxylic acids is 2. The molecule has 0 heterocycles. The molecule has 0 aliphatic heterocycles. The predicted octanol–water partition coefficient (Wildman–Crippen LogP) is 4.10. The fourth-order valence-electron chi connectivity index (χ4n) is 3.22.